The molecule has 0 fully saturated rings. The van der Waals surface area contributed by atoms with Crippen molar-refractivity contribution in [1.29, 1.82) is 0 Å². The Hall–Kier alpha value is -3.15. The molecule has 2 N–H and O–H groups in total. The average Bonchev–Trinajstić information content (AvgIpc) is 3.22. The van der Waals surface area contributed by atoms with E-state index in [-0.39, 0.29) is 5.91 Å². The number of carboxylic acid groups (broad SMARTS) is 1. The molecule has 0 bridgehead atoms. The minimum atomic E-state index is -1.07. The number of rotatable bonds is 7. The molecule has 174 valence electrons. The molecule has 4 aromatic rings. The number of nitrogens with one attached hydrogen (secondary N) is 1. The van der Waals surface area contributed by atoms with Crippen molar-refractivity contribution in [1.82, 2.24) is 0 Å². The highest BCUT2D eigenvalue weighted by molar-refractivity contribution is 7.19. The summed E-state index contributed by atoms with van der Waals surface area (Å²) in [7, 11) is 0. The van der Waals surface area contributed by atoms with Gasteiger partial charge in [0.15, 0.2) is 0 Å². The number of hydrogen-bond donors (Lipinski definition) is 2. The first-order valence-electron chi connectivity index (χ1n) is 11.1. The van der Waals surface area contributed by atoms with Gasteiger partial charge in [0.2, 0.25) is 0 Å². The summed E-state index contributed by atoms with van der Waals surface area (Å²) in [6.45, 7) is 6.01. The standard InChI is InChI=1S/C28H26ClNO3S/c1-17(2)18-7-11-21(12-8-18)28(3,27(32)33)16-23-15-20-5-4-6-24(25(20)34-23)30-26(31)19-9-13-22(29)14-10-19/h4-15,17H,16H2,1-3H3,(H,30,31)(H,32,33). The summed E-state index contributed by atoms with van der Waals surface area (Å²) in [5.41, 5.74) is 2.11. The van der Waals surface area contributed by atoms with Gasteiger partial charge in [-0.1, -0.05) is 61.8 Å². The second-order valence-electron chi connectivity index (χ2n) is 8.99. The van der Waals surface area contributed by atoms with Crippen LogP contribution < -0.4 is 5.32 Å². The van der Waals surface area contributed by atoms with Crippen molar-refractivity contribution in [3.63, 3.8) is 0 Å². The Kier molecular flexibility index (Phi) is 6.78. The number of aliphatic carboxylic acids is 1. The van der Waals surface area contributed by atoms with Gasteiger partial charge in [0.1, 0.15) is 0 Å². The smallest absolute Gasteiger partial charge is 0.314 e. The van der Waals surface area contributed by atoms with Crippen molar-refractivity contribution in [3.8, 4) is 0 Å². The molecule has 0 radical (unpaired) electrons. The Morgan fingerprint density at radius 2 is 1.71 bits per heavy atom. The van der Waals surface area contributed by atoms with Gasteiger partial charge in [-0.05, 0) is 65.8 Å². The molecule has 1 atom stereocenters. The van der Waals surface area contributed by atoms with Gasteiger partial charge in [0, 0.05) is 21.9 Å². The first-order valence-corrected chi connectivity index (χ1v) is 12.3. The molecular weight excluding hydrogens is 466 g/mol. The fourth-order valence-corrected chi connectivity index (χ4v) is 5.39. The van der Waals surface area contributed by atoms with E-state index in [1.165, 1.54) is 16.9 Å². The molecule has 0 aliphatic heterocycles. The zero-order valence-electron chi connectivity index (χ0n) is 19.3. The molecule has 1 heterocycles. The van der Waals surface area contributed by atoms with Crippen LogP contribution in [0.15, 0.2) is 72.8 Å². The topological polar surface area (TPSA) is 66.4 Å². The van der Waals surface area contributed by atoms with Gasteiger partial charge in [-0.25, -0.2) is 0 Å². The maximum atomic E-state index is 12.7. The van der Waals surface area contributed by atoms with Crippen molar-refractivity contribution >= 4 is 50.6 Å². The summed E-state index contributed by atoms with van der Waals surface area (Å²) in [6, 6.07) is 22.3. The van der Waals surface area contributed by atoms with E-state index in [0.717, 1.165) is 20.5 Å². The Balaban J connectivity index is 1.63. The molecule has 1 aromatic heterocycles. The monoisotopic (exact) mass is 491 g/mol. The minimum Gasteiger partial charge on any atom is -0.481 e. The maximum Gasteiger partial charge on any atom is 0.314 e. The van der Waals surface area contributed by atoms with Crippen LogP contribution in [0, 0.1) is 0 Å². The van der Waals surface area contributed by atoms with Gasteiger partial charge in [-0.15, -0.1) is 11.3 Å². The van der Waals surface area contributed by atoms with E-state index in [1.54, 1.807) is 31.2 Å². The minimum absolute atomic E-state index is 0.222. The van der Waals surface area contributed by atoms with Crippen LogP contribution >= 0.6 is 22.9 Å². The summed E-state index contributed by atoms with van der Waals surface area (Å²) >= 11 is 7.44. The molecule has 34 heavy (non-hydrogen) atoms. The lowest BCUT2D eigenvalue weighted by Gasteiger charge is -2.25. The Morgan fingerprint density at radius 3 is 2.32 bits per heavy atom. The number of hydrogen-bond acceptors (Lipinski definition) is 3. The van der Waals surface area contributed by atoms with Crippen LogP contribution in [0.2, 0.25) is 5.02 Å². The molecule has 0 saturated carbocycles. The number of carbonyl (C=O) groups is 2. The van der Waals surface area contributed by atoms with Crippen molar-refractivity contribution < 1.29 is 14.7 Å². The third kappa shape index (κ3) is 4.86. The van der Waals surface area contributed by atoms with Crippen LogP contribution in [0.1, 0.15) is 53.1 Å². The molecule has 6 heteroatoms. The van der Waals surface area contributed by atoms with Gasteiger partial charge < -0.3 is 10.4 Å². The van der Waals surface area contributed by atoms with Crippen molar-refractivity contribution in [2.24, 2.45) is 0 Å². The lowest BCUT2D eigenvalue weighted by Crippen LogP contribution is -2.34. The largest absolute Gasteiger partial charge is 0.481 e. The zero-order valence-corrected chi connectivity index (χ0v) is 20.8. The highest BCUT2D eigenvalue weighted by Crippen LogP contribution is 2.37. The van der Waals surface area contributed by atoms with Crippen LogP contribution in [0.4, 0.5) is 5.69 Å². The van der Waals surface area contributed by atoms with Gasteiger partial charge in [0.25, 0.3) is 5.91 Å². The summed E-state index contributed by atoms with van der Waals surface area (Å²) in [5.74, 6) is -0.701. The van der Waals surface area contributed by atoms with E-state index in [0.29, 0.717) is 28.6 Å². The predicted molar refractivity (Wildman–Crippen MR) is 140 cm³/mol. The van der Waals surface area contributed by atoms with Gasteiger partial charge in [0.05, 0.1) is 15.8 Å². The lowest BCUT2D eigenvalue weighted by atomic mass is 9.78. The predicted octanol–water partition coefficient (Wildman–Crippen LogP) is 7.52. The van der Waals surface area contributed by atoms with Gasteiger partial charge >= 0.3 is 5.97 Å². The number of carbonyl (C=O) groups excluding carboxylic acids is 1. The molecule has 0 aliphatic carbocycles. The van der Waals surface area contributed by atoms with E-state index in [2.05, 4.69) is 19.2 Å². The van der Waals surface area contributed by atoms with E-state index < -0.39 is 11.4 Å². The number of fused-ring (bicyclic) bond motifs is 1. The van der Waals surface area contributed by atoms with Crippen molar-refractivity contribution in [3.05, 3.63) is 99.4 Å². The van der Waals surface area contributed by atoms with Crippen LogP contribution in [0.5, 0.6) is 0 Å². The van der Waals surface area contributed by atoms with Crippen LogP contribution in [0.25, 0.3) is 10.1 Å². The maximum absolute atomic E-state index is 12.7. The van der Waals surface area contributed by atoms with Crippen LogP contribution in [0.3, 0.4) is 0 Å². The molecule has 0 spiro atoms. The van der Waals surface area contributed by atoms with Gasteiger partial charge in [-0.3, -0.25) is 9.59 Å². The molecule has 4 rings (SSSR count). The number of benzene rings is 3. The normalized spacial score (nSPS) is 13.1. The second kappa shape index (κ2) is 9.61. The quantitative estimate of drug-likeness (QED) is 0.281. The Bertz CT molecular complexity index is 1340. The molecule has 3 aromatic carbocycles. The van der Waals surface area contributed by atoms with E-state index >= 15 is 0 Å². The zero-order chi connectivity index (χ0) is 24.5. The summed E-state index contributed by atoms with van der Waals surface area (Å²) in [4.78, 5) is 26.1. The Morgan fingerprint density at radius 1 is 1.03 bits per heavy atom. The number of amides is 1. The van der Waals surface area contributed by atoms with Crippen LogP contribution in [-0.2, 0) is 16.6 Å². The number of carboxylic acids is 1. The fraction of sp³-hybridized carbons (Fsp3) is 0.214. The lowest BCUT2D eigenvalue weighted by molar-refractivity contribution is -0.143. The molecule has 1 unspecified atom stereocenters. The molecular formula is C28H26ClNO3S. The number of thiophene rings is 1. The number of anilines is 1. The average molecular weight is 492 g/mol. The molecule has 1 amide bonds. The SMILES string of the molecule is CC(C)c1ccc(C(C)(Cc2cc3cccc(NC(=O)c4ccc(Cl)cc4)c3s2)C(=O)O)cc1. The van der Waals surface area contributed by atoms with Crippen LogP contribution in [-0.4, -0.2) is 17.0 Å². The summed E-state index contributed by atoms with van der Waals surface area (Å²) in [6.07, 6.45) is 0.354. The first kappa shape index (κ1) is 24.0. The number of halogens is 1. The molecule has 4 nitrogen and oxygen atoms in total. The highest BCUT2D eigenvalue weighted by atomic mass is 35.5. The van der Waals surface area contributed by atoms with Crippen molar-refractivity contribution in [2.75, 3.05) is 5.32 Å². The van der Waals surface area contributed by atoms with E-state index in [4.69, 9.17) is 11.6 Å². The first-order chi connectivity index (χ1) is 16.2. The molecule has 0 saturated heterocycles. The van der Waals surface area contributed by atoms with Gasteiger partial charge in [-0.2, -0.15) is 0 Å². The second-order valence-corrected chi connectivity index (χ2v) is 10.6. The molecule has 0 aliphatic rings. The fourth-order valence-electron chi connectivity index (χ4n) is 3.98. The Labute approximate surface area is 208 Å². The van der Waals surface area contributed by atoms with Crippen molar-refractivity contribution in [2.45, 2.75) is 38.5 Å². The summed E-state index contributed by atoms with van der Waals surface area (Å²) in [5, 5.41) is 14.7. The third-order valence-corrected chi connectivity index (χ3v) is 7.60. The highest BCUT2D eigenvalue weighted by Gasteiger charge is 2.36. The third-order valence-electron chi connectivity index (χ3n) is 6.16. The summed E-state index contributed by atoms with van der Waals surface area (Å²) < 4.78 is 0.919. The van der Waals surface area contributed by atoms with E-state index in [9.17, 15) is 14.7 Å². The van der Waals surface area contributed by atoms with E-state index in [1.807, 2.05) is 48.5 Å².